The van der Waals surface area contributed by atoms with E-state index in [2.05, 4.69) is 5.32 Å². The number of piperidine rings is 1. The van der Waals surface area contributed by atoms with Crippen molar-refractivity contribution in [1.29, 1.82) is 0 Å². The Balaban J connectivity index is 2.15. The zero-order valence-electron chi connectivity index (χ0n) is 12.0. The van der Waals surface area contributed by atoms with E-state index in [-0.39, 0.29) is 11.6 Å². The van der Waals surface area contributed by atoms with E-state index in [1.807, 2.05) is 0 Å². The predicted molar refractivity (Wildman–Crippen MR) is 82.3 cm³/mol. The van der Waals surface area contributed by atoms with Crippen molar-refractivity contribution >= 4 is 5.57 Å². The zero-order valence-corrected chi connectivity index (χ0v) is 12.0. The third-order valence-electron chi connectivity index (χ3n) is 3.90. The second kappa shape index (κ2) is 6.38. The first-order valence-corrected chi connectivity index (χ1v) is 7.29. The summed E-state index contributed by atoms with van der Waals surface area (Å²) in [7, 11) is 0. The largest absolute Gasteiger partial charge is 0.387 e. The average molecular weight is 301 g/mol. The molecule has 3 rings (SSSR count). The van der Waals surface area contributed by atoms with Crippen molar-refractivity contribution in [3.8, 4) is 0 Å². The fourth-order valence-corrected chi connectivity index (χ4v) is 2.81. The van der Waals surface area contributed by atoms with Crippen LogP contribution in [0.1, 0.15) is 17.5 Å². The summed E-state index contributed by atoms with van der Waals surface area (Å²) < 4.78 is 26.4. The van der Waals surface area contributed by atoms with Crippen molar-refractivity contribution in [2.24, 2.45) is 0 Å². The lowest BCUT2D eigenvalue weighted by molar-refractivity contribution is 0.191. The topological polar surface area (TPSA) is 32.3 Å². The predicted octanol–water partition coefficient (Wildman–Crippen LogP) is 3.12. The molecule has 4 heteroatoms. The van der Waals surface area contributed by atoms with Crippen molar-refractivity contribution in [1.82, 2.24) is 5.32 Å². The zero-order chi connectivity index (χ0) is 15.5. The maximum Gasteiger partial charge on any atom is 0.123 e. The number of hydrogen-bond acceptors (Lipinski definition) is 2. The number of nitrogens with one attached hydrogen (secondary N) is 1. The Hall–Kier alpha value is -2.04. The van der Waals surface area contributed by atoms with Gasteiger partial charge in [0.15, 0.2) is 0 Å². The fourth-order valence-electron chi connectivity index (χ4n) is 2.81. The first-order chi connectivity index (χ1) is 10.6. The lowest BCUT2D eigenvalue weighted by Crippen LogP contribution is -2.36. The molecular formula is C18H17F2NO. The fraction of sp³-hybridized carbons (Fsp3) is 0.222. The van der Waals surface area contributed by atoms with Crippen LogP contribution in [0.15, 0.2) is 54.1 Å². The van der Waals surface area contributed by atoms with E-state index < -0.39 is 6.10 Å². The van der Waals surface area contributed by atoms with Gasteiger partial charge in [0.05, 0.1) is 6.10 Å². The average Bonchev–Trinajstić information content (AvgIpc) is 2.53. The van der Waals surface area contributed by atoms with Crippen LogP contribution in [0, 0.1) is 11.6 Å². The van der Waals surface area contributed by atoms with E-state index in [9.17, 15) is 13.9 Å². The van der Waals surface area contributed by atoms with Gasteiger partial charge in [0.2, 0.25) is 0 Å². The standard InChI is InChI=1S/C18H17F2NO/c19-14-5-1-12(2-6-14)18(13-3-7-15(20)8-4-13)16-9-10-21-11-17(16)22/h1-8,17,21-22H,9-11H2. The SMILES string of the molecule is OC1CNCCC1=C(c1ccc(F)cc1)c1ccc(F)cc1. The van der Waals surface area contributed by atoms with Gasteiger partial charge in [-0.25, -0.2) is 8.78 Å². The maximum atomic E-state index is 13.2. The molecule has 114 valence electrons. The molecule has 0 amide bonds. The van der Waals surface area contributed by atoms with Crippen LogP contribution in [0.2, 0.25) is 0 Å². The molecule has 22 heavy (non-hydrogen) atoms. The van der Waals surface area contributed by atoms with Crippen molar-refractivity contribution in [3.05, 3.63) is 76.9 Å². The maximum absolute atomic E-state index is 13.2. The van der Waals surface area contributed by atoms with Crippen LogP contribution < -0.4 is 5.32 Å². The molecule has 2 aromatic rings. The summed E-state index contributed by atoms with van der Waals surface area (Å²) in [6, 6.07) is 12.3. The van der Waals surface area contributed by atoms with Gasteiger partial charge >= 0.3 is 0 Å². The van der Waals surface area contributed by atoms with E-state index in [1.165, 1.54) is 24.3 Å². The minimum Gasteiger partial charge on any atom is -0.387 e. The normalized spacial score (nSPS) is 18.3. The molecule has 0 bridgehead atoms. The monoisotopic (exact) mass is 301 g/mol. The highest BCUT2D eigenvalue weighted by Gasteiger charge is 2.21. The van der Waals surface area contributed by atoms with Crippen LogP contribution in [0.25, 0.3) is 5.57 Å². The second-order valence-electron chi connectivity index (χ2n) is 5.38. The minimum atomic E-state index is -0.598. The van der Waals surface area contributed by atoms with E-state index in [0.29, 0.717) is 13.0 Å². The summed E-state index contributed by atoms with van der Waals surface area (Å²) in [5.41, 5.74) is 3.40. The molecule has 1 atom stereocenters. The molecule has 1 heterocycles. The molecule has 0 radical (unpaired) electrons. The van der Waals surface area contributed by atoms with Crippen LogP contribution in [0.4, 0.5) is 8.78 Å². The third-order valence-corrected chi connectivity index (χ3v) is 3.90. The van der Waals surface area contributed by atoms with Gasteiger partial charge in [0.25, 0.3) is 0 Å². The van der Waals surface area contributed by atoms with Gasteiger partial charge in [-0.3, -0.25) is 0 Å². The van der Waals surface area contributed by atoms with Gasteiger partial charge in [0.1, 0.15) is 11.6 Å². The van der Waals surface area contributed by atoms with Gasteiger partial charge in [-0.1, -0.05) is 24.3 Å². The highest BCUT2D eigenvalue weighted by molar-refractivity contribution is 5.82. The first-order valence-electron chi connectivity index (χ1n) is 7.29. The van der Waals surface area contributed by atoms with Crippen LogP contribution in [-0.4, -0.2) is 24.3 Å². The van der Waals surface area contributed by atoms with Gasteiger partial charge in [0, 0.05) is 6.54 Å². The van der Waals surface area contributed by atoms with Crippen LogP contribution >= 0.6 is 0 Å². The number of benzene rings is 2. The summed E-state index contributed by atoms with van der Waals surface area (Å²) in [6.07, 6.45) is 0.101. The van der Waals surface area contributed by atoms with E-state index in [1.54, 1.807) is 24.3 Å². The molecule has 2 nitrogen and oxygen atoms in total. The Bertz CT molecular complexity index is 630. The molecule has 2 aromatic carbocycles. The quantitative estimate of drug-likeness (QED) is 0.893. The van der Waals surface area contributed by atoms with Gasteiger partial charge < -0.3 is 10.4 Å². The van der Waals surface area contributed by atoms with E-state index in [0.717, 1.165) is 28.8 Å². The van der Waals surface area contributed by atoms with Gasteiger partial charge in [-0.15, -0.1) is 0 Å². The number of hydrogen-bond donors (Lipinski definition) is 2. The Morgan fingerprint density at radius 1 is 0.909 bits per heavy atom. The summed E-state index contributed by atoms with van der Waals surface area (Å²) in [6.45, 7) is 1.26. The second-order valence-corrected chi connectivity index (χ2v) is 5.38. The molecule has 1 saturated heterocycles. The first kappa shape index (κ1) is 14.9. The Kier molecular flexibility index (Phi) is 4.32. The number of halogens is 2. The number of β-amino-alcohol motifs (C(OH)–C–C–N with tert-alkyl or cyclic N) is 1. The lowest BCUT2D eigenvalue weighted by atomic mass is 9.87. The summed E-state index contributed by atoms with van der Waals surface area (Å²) >= 11 is 0. The molecule has 2 N–H and O–H groups in total. The summed E-state index contributed by atoms with van der Waals surface area (Å²) in [5, 5.41) is 13.4. The molecule has 0 aromatic heterocycles. The molecule has 1 fully saturated rings. The van der Waals surface area contributed by atoms with E-state index >= 15 is 0 Å². The Labute approximate surface area is 128 Å². The smallest absolute Gasteiger partial charge is 0.123 e. The van der Waals surface area contributed by atoms with Crippen LogP contribution in [0.3, 0.4) is 0 Å². The summed E-state index contributed by atoms with van der Waals surface area (Å²) in [4.78, 5) is 0. The third kappa shape index (κ3) is 3.08. The number of rotatable bonds is 2. The highest BCUT2D eigenvalue weighted by atomic mass is 19.1. The molecule has 1 aliphatic heterocycles. The highest BCUT2D eigenvalue weighted by Crippen LogP contribution is 2.31. The molecule has 1 unspecified atom stereocenters. The van der Waals surface area contributed by atoms with E-state index in [4.69, 9.17) is 0 Å². The number of aliphatic hydroxyl groups excluding tert-OH is 1. The Morgan fingerprint density at radius 2 is 1.41 bits per heavy atom. The van der Waals surface area contributed by atoms with Gasteiger partial charge in [-0.2, -0.15) is 0 Å². The van der Waals surface area contributed by atoms with Crippen molar-refractivity contribution < 1.29 is 13.9 Å². The van der Waals surface area contributed by atoms with Crippen molar-refractivity contribution in [2.75, 3.05) is 13.1 Å². The summed E-state index contributed by atoms with van der Waals surface area (Å²) in [5.74, 6) is -0.615. The number of aliphatic hydroxyl groups is 1. The van der Waals surface area contributed by atoms with Crippen molar-refractivity contribution in [3.63, 3.8) is 0 Å². The Morgan fingerprint density at radius 3 is 1.86 bits per heavy atom. The molecule has 0 saturated carbocycles. The molecule has 1 aliphatic rings. The lowest BCUT2D eigenvalue weighted by Gasteiger charge is -2.26. The van der Waals surface area contributed by atoms with Crippen LogP contribution in [-0.2, 0) is 0 Å². The van der Waals surface area contributed by atoms with Crippen LogP contribution in [0.5, 0.6) is 0 Å². The molecule has 0 spiro atoms. The van der Waals surface area contributed by atoms with Crippen molar-refractivity contribution in [2.45, 2.75) is 12.5 Å². The molecule has 0 aliphatic carbocycles. The molecular weight excluding hydrogens is 284 g/mol. The minimum absolute atomic E-state index is 0.307. The van der Waals surface area contributed by atoms with Gasteiger partial charge in [-0.05, 0) is 59.5 Å².